The summed E-state index contributed by atoms with van der Waals surface area (Å²) < 4.78 is 5.59. The number of amides is 11. The van der Waals surface area contributed by atoms with Crippen molar-refractivity contribution in [3.05, 3.63) is 35.9 Å². The fraction of sp³-hybridized carbons (Fsp3) is 0.667. The quantitative estimate of drug-likeness (QED) is 0.0314. The van der Waals surface area contributed by atoms with E-state index < -0.39 is 194 Å². The molecule has 15 atom stereocenters. The third-order valence-electron chi connectivity index (χ3n) is 14.4. The van der Waals surface area contributed by atoms with Gasteiger partial charge in [0.15, 0.2) is 0 Å². The Hall–Kier alpha value is -7.30. The Morgan fingerprint density at radius 1 is 0.598 bits per heavy atom. The van der Waals surface area contributed by atoms with E-state index in [2.05, 4.69) is 58.5 Å². The van der Waals surface area contributed by atoms with Crippen molar-refractivity contribution in [2.24, 2.45) is 23.5 Å². The van der Waals surface area contributed by atoms with Crippen LogP contribution >= 0.6 is 0 Å². The van der Waals surface area contributed by atoms with Crippen LogP contribution in [0, 0.1) is 17.8 Å². The molecule has 1 saturated heterocycles. The van der Waals surface area contributed by atoms with Crippen LogP contribution in [-0.4, -0.2) is 186 Å². The van der Waals surface area contributed by atoms with Crippen LogP contribution in [0.4, 0.5) is 0 Å². The number of hydrogen-bond acceptors (Lipinski definition) is 17. The van der Waals surface area contributed by atoms with E-state index >= 15 is 0 Å². The zero-order valence-electron chi connectivity index (χ0n) is 48.6. The first-order valence-corrected chi connectivity index (χ1v) is 27.8. The molecule has 1 aliphatic rings. The molecule has 0 radical (unpaired) electrons. The van der Waals surface area contributed by atoms with E-state index in [1.54, 1.807) is 55.5 Å². The number of aliphatic hydroxyl groups excluding tert-OH is 3. The molecule has 1 heterocycles. The predicted octanol–water partition coefficient (Wildman–Crippen LogP) is -4.19. The summed E-state index contributed by atoms with van der Waals surface area (Å²) in [5, 5.41) is 58.2. The molecule has 2 rings (SSSR count). The number of hydrogen-bond donors (Lipinski definition) is 15. The molecule has 1 aromatic carbocycles. The molecule has 0 saturated carbocycles. The molecular formula is C54H88N12O16. The van der Waals surface area contributed by atoms with E-state index in [0.29, 0.717) is 19.3 Å². The average molecular weight is 1160 g/mol. The number of likely N-dealkylation sites (N-methyl/N-ethyl adjacent to an activating group) is 1. The minimum atomic E-state index is -1.82. The van der Waals surface area contributed by atoms with Gasteiger partial charge in [0.25, 0.3) is 0 Å². The number of esters is 1. The Kier molecular flexibility index (Phi) is 30.7. The highest BCUT2D eigenvalue weighted by atomic mass is 16.5. The molecule has 28 nitrogen and oxygen atoms in total. The standard InChI is InChI=1S/C54H88N12O16/c1-11-18-33(58-45(72)34(21-22-39(55)70)59-48(75)36(24-67)61-52(79)41(28(6)13-3)64-47(74)35(56-10)23-32-19-16-15-17-20-32)46(73)63-40(27(5)12-2)51(78)62-38(26-69)50(77)66-43-31(9)82-54(81)42(29(7)14-4)65-49(76)37(25-68)60-44(71)30(8)57-53(43)80/h15-17,19-20,27-31,33-38,40-43,56,67-69H,11-14,18,21-26H2,1-10H3,(H2,55,70)(H,57,80)(H,58,72)(H,59,75)(H,60,71)(H,61,79)(H,62,78)(H,63,73)(H,64,74)(H,65,76)(H,66,77)/t27-,28-,29-,30-,31-,33+,34+,35+,36-,37-,38-,40-,41-,42-,43+/m0/s1. The first-order valence-electron chi connectivity index (χ1n) is 27.8. The molecule has 0 unspecified atom stereocenters. The third kappa shape index (κ3) is 21.9. The van der Waals surface area contributed by atoms with Gasteiger partial charge in [-0.15, -0.1) is 0 Å². The second kappa shape index (κ2) is 35.5. The number of ether oxygens (including phenoxy) is 1. The summed E-state index contributed by atoms with van der Waals surface area (Å²) in [5.41, 5.74) is 6.27. The predicted molar refractivity (Wildman–Crippen MR) is 296 cm³/mol. The third-order valence-corrected chi connectivity index (χ3v) is 14.4. The largest absolute Gasteiger partial charge is 0.458 e. The Labute approximate surface area is 478 Å². The fourth-order valence-corrected chi connectivity index (χ4v) is 8.41. The van der Waals surface area contributed by atoms with Crippen LogP contribution < -0.4 is 64.2 Å². The van der Waals surface area contributed by atoms with Crippen molar-refractivity contribution in [1.82, 2.24) is 58.5 Å². The van der Waals surface area contributed by atoms with Crippen molar-refractivity contribution in [3.63, 3.8) is 0 Å². The van der Waals surface area contributed by atoms with Gasteiger partial charge in [-0.1, -0.05) is 104 Å². The Balaban J connectivity index is 2.35. The monoisotopic (exact) mass is 1160 g/mol. The lowest BCUT2D eigenvalue weighted by molar-refractivity contribution is -0.157. The minimum Gasteiger partial charge on any atom is -0.458 e. The van der Waals surface area contributed by atoms with E-state index in [1.807, 2.05) is 30.3 Å². The van der Waals surface area contributed by atoms with Gasteiger partial charge in [-0.25, -0.2) is 4.79 Å². The van der Waals surface area contributed by atoms with Crippen LogP contribution in [0.15, 0.2) is 30.3 Å². The first kappa shape index (κ1) is 70.8. The Morgan fingerprint density at radius 3 is 1.56 bits per heavy atom. The van der Waals surface area contributed by atoms with Crippen LogP contribution in [0.3, 0.4) is 0 Å². The lowest BCUT2D eigenvalue weighted by atomic mass is 9.96. The van der Waals surface area contributed by atoms with Gasteiger partial charge in [-0.3, -0.25) is 52.7 Å². The van der Waals surface area contributed by atoms with Gasteiger partial charge in [0.2, 0.25) is 65.0 Å². The topological polar surface area (TPSA) is 433 Å². The highest BCUT2D eigenvalue weighted by Crippen LogP contribution is 2.16. The van der Waals surface area contributed by atoms with Gasteiger partial charge in [-0.05, 0) is 63.5 Å². The Morgan fingerprint density at radius 2 is 1.09 bits per heavy atom. The van der Waals surface area contributed by atoms with Crippen molar-refractivity contribution in [3.8, 4) is 0 Å². The van der Waals surface area contributed by atoms with Crippen molar-refractivity contribution < 1.29 is 77.6 Å². The molecule has 16 N–H and O–H groups in total. The molecule has 0 aliphatic carbocycles. The number of nitrogens with one attached hydrogen (secondary N) is 11. The molecular weight excluding hydrogens is 1070 g/mol. The minimum absolute atomic E-state index is 0.0403. The molecule has 1 aromatic rings. The summed E-state index contributed by atoms with van der Waals surface area (Å²) in [6, 6.07) is -6.69. The second-order valence-electron chi connectivity index (χ2n) is 20.7. The summed E-state index contributed by atoms with van der Waals surface area (Å²) in [7, 11) is 1.59. The van der Waals surface area contributed by atoms with Crippen molar-refractivity contribution in [2.75, 3.05) is 26.9 Å². The fourth-order valence-electron chi connectivity index (χ4n) is 8.41. The summed E-state index contributed by atoms with van der Waals surface area (Å²) in [5.74, 6) is -12.9. The molecule has 0 aromatic heterocycles. The van der Waals surface area contributed by atoms with E-state index in [-0.39, 0.29) is 19.3 Å². The van der Waals surface area contributed by atoms with Gasteiger partial charge in [0, 0.05) is 6.42 Å². The molecule has 11 amide bonds. The number of carbonyl (C=O) groups excluding carboxylic acids is 12. The number of carbonyl (C=O) groups is 12. The zero-order chi connectivity index (χ0) is 62.0. The van der Waals surface area contributed by atoms with E-state index in [0.717, 1.165) is 5.56 Å². The van der Waals surface area contributed by atoms with Gasteiger partial charge >= 0.3 is 5.97 Å². The van der Waals surface area contributed by atoms with Crippen LogP contribution in [0.1, 0.15) is 113 Å². The summed E-state index contributed by atoms with van der Waals surface area (Å²) >= 11 is 0. The van der Waals surface area contributed by atoms with Crippen LogP contribution in [0.5, 0.6) is 0 Å². The molecule has 28 heteroatoms. The zero-order valence-corrected chi connectivity index (χ0v) is 48.6. The van der Waals surface area contributed by atoms with Crippen molar-refractivity contribution in [1.29, 1.82) is 0 Å². The van der Waals surface area contributed by atoms with Crippen molar-refractivity contribution >= 4 is 70.9 Å². The van der Waals surface area contributed by atoms with E-state index in [4.69, 9.17) is 10.5 Å². The summed E-state index contributed by atoms with van der Waals surface area (Å²) in [6.45, 7) is 11.4. The normalized spacial score (nSPS) is 21.4. The second-order valence-corrected chi connectivity index (χ2v) is 20.7. The van der Waals surface area contributed by atoms with Crippen LogP contribution in [-0.2, 0) is 68.7 Å². The molecule has 0 spiro atoms. The highest BCUT2D eigenvalue weighted by Gasteiger charge is 2.40. The number of benzene rings is 1. The van der Waals surface area contributed by atoms with Gasteiger partial charge in [-0.2, -0.15) is 0 Å². The maximum absolute atomic E-state index is 14.1. The maximum Gasteiger partial charge on any atom is 0.329 e. The maximum atomic E-state index is 14.1. The van der Waals surface area contributed by atoms with E-state index in [1.165, 1.54) is 13.8 Å². The Bertz CT molecular complexity index is 2350. The number of primary amides is 1. The number of rotatable bonds is 31. The molecule has 82 heavy (non-hydrogen) atoms. The summed E-state index contributed by atoms with van der Waals surface area (Å²) in [4.78, 5) is 163. The smallest absolute Gasteiger partial charge is 0.329 e. The van der Waals surface area contributed by atoms with Crippen LogP contribution in [0.2, 0.25) is 0 Å². The van der Waals surface area contributed by atoms with Gasteiger partial charge in [0.05, 0.1) is 25.9 Å². The highest BCUT2D eigenvalue weighted by molar-refractivity contribution is 5.99. The SMILES string of the molecule is CCC[C@@H](NC(=O)[C@@H](CCC(N)=O)NC(=O)[C@H](CO)NC(=O)[C@@H](NC(=O)[C@@H](Cc1ccccc1)NC)[C@@H](C)CC)C(=O)N[C@H](C(=O)N[C@@H](CO)C(=O)N[C@H]1C(=O)N[C@@H](C)C(=O)N[C@@H](CO)C(=O)N[C@@H]([C@@H](C)CC)C(=O)O[C@H]1C)[C@@H](C)CC. The van der Waals surface area contributed by atoms with E-state index in [9.17, 15) is 72.9 Å². The number of nitrogens with two attached hydrogens (primary N) is 1. The van der Waals surface area contributed by atoms with Gasteiger partial charge < -0.3 is 84.3 Å². The first-order chi connectivity index (χ1) is 38.7. The molecule has 1 fully saturated rings. The molecule has 460 valence electrons. The lowest BCUT2D eigenvalue weighted by Crippen LogP contribution is -2.63. The van der Waals surface area contributed by atoms with Crippen molar-refractivity contribution in [2.45, 2.75) is 186 Å². The molecule has 0 bridgehead atoms. The summed E-state index contributed by atoms with van der Waals surface area (Å²) in [6.07, 6.45) is -0.788. The number of cyclic esters (lactones) is 1. The van der Waals surface area contributed by atoms with Gasteiger partial charge in [0.1, 0.15) is 66.5 Å². The number of aliphatic hydroxyl groups is 3. The lowest BCUT2D eigenvalue weighted by Gasteiger charge is -2.30. The van der Waals surface area contributed by atoms with Crippen LogP contribution in [0.25, 0.3) is 0 Å². The average Bonchev–Trinajstić information content (AvgIpc) is 3.45. The molecule has 1 aliphatic heterocycles.